The van der Waals surface area contributed by atoms with Crippen LogP contribution in [0.25, 0.3) is 0 Å². The molecule has 0 aliphatic carbocycles. The van der Waals surface area contributed by atoms with Gasteiger partial charge in [-0.3, -0.25) is 10.5 Å². The van der Waals surface area contributed by atoms with Gasteiger partial charge in [-0.05, 0) is 17.9 Å². The lowest BCUT2D eigenvalue weighted by atomic mass is 10.0. The van der Waals surface area contributed by atoms with Crippen molar-refractivity contribution in [3.63, 3.8) is 0 Å². The number of nitrogens with two attached hydrogens (primary N) is 1. The number of aromatic nitrogens is 2. The van der Waals surface area contributed by atoms with Crippen LogP contribution in [0.1, 0.15) is 17.3 Å². The third-order valence-corrected chi connectivity index (χ3v) is 3.93. The van der Waals surface area contributed by atoms with Gasteiger partial charge in [-0.25, -0.2) is 5.43 Å². The minimum atomic E-state index is -0.173. The molecule has 0 radical (unpaired) electrons. The molecule has 18 heavy (non-hydrogen) atoms. The number of nitrogens with one attached hydrogen (secondary N) is 1. The fraction of sp³-hybridized carbons (Fsp3) is 0.250. The molecule has 1 atom stereocenters. The van der Waals surface area contributed by atoms with Gasteiger partial charge >= 0.3 is 0 Å². The lowest BCUT2D eigenvalue weighted by molar-refractivity contribution is 0.569. The van der Waals surface area contributed by atoms with Crippen molar-refractivity contribution in [1.29, 1.82) is 0 Å². The van der Waals surface area contributed by atoms with E-state index in [4.69, 9.17) is 17.4 Å². The fourth-order valence-electron chi connectivity index (χ4n) is 1.97. The lowest BCUT2D eigenvalue weighted by Crippen LogP contribution is -2.31. The zero-order valence-electron chi connectivity index (χ0n) is 10.2. The predicted molar refractivity (Wildman–Crippen MR) is 75.6 cm³/mol. The highest BCUT2D eigenvalue weighted by atomic mass is 35.5. The first-order valence-corrected chi connectivity index (χ1v) is 7.05. The number of halogens is 1. The van der Waals surface area contributed by atoms with E-state index >= 15 is 0 Å². The molecule has 0 saturated heterocycles. The Bertz CT molecular complexity index is 521. The molecule has 0 fully saturated rings. The summed E-state index contributed by atoms with van der Waals surface area (Å²) in [5.74, 6) is 5.70. The van der Waals surface area contributed by atoms with Crippen LogP contribution in [-0.4, -0.2) is 16.0 Å². The summed E-state index contributed by atoms with van der Waals surface area (Å²) in [4.78, 5) is 1.16. The molecule has 6 heteroatoms. The van der Waals surface area contributed by atoms with Crippen LogP contribution in [0.3, 0.4) is 0 Å². The topological polar surface area (TPSA) is 55.9 Å². The SMILES string of the molecule is CSc1ccccc1C(NN)c1c(Cl)cnn1C. The number of hydrazine groups is 1. The molecule has 0 spiro atoms. The molecule has 1 heterocycles. The van der Waals surface area contributed by atoms with Crippen LogP contribution in [0, 0.1) is 0 Å². The van der Waals surface area contributed by atoms with Crippen molar-refractivity contribution < 1.29 is 0 Å². The van der Waals surface area contributed by atoms with Gasteiger partial charge < -0.3 is 0 Å². The van der Waals surface area contributed by atoms with Gasteiger partial charge in [-0.1, -0.05) is 29.8 Å². The number of hydrogen-bond donors (Lipinski definition) is 2. The van der Waals surface area contributed by atoms with Gasteiger partial charge in [0.15, 0.2) is 0 Å². The van der Waals surface area contributed by atoms with Crippen LogP contribution in [0.2, 0.25) is 5.02 Å². The summed E-state index contributed by atoms with van der Waals surface area (Å²) in [6.07, 6.45) is 3.67. The van der Waals surface area contributed by atoms with Crippen molar-refractivity contribution in [3.05, 3.63) is 46.7 Å². The predicted octanol–water partition coefficient (Wildman–Crippen LogP) is 2.35. The summed E-state index contributed by atoms with van der Waals surface area (Å²) >= 11 is 7.86. The molecule has 4 nitrogen and oxygen atoms in total. The van der Waals surface area contributed by atoms with Gasteiger partial charge in [-0.15, -0.1) is 11.8 Å². The van der Waals surface area contributed by atoms with E-state index in [1.807, 2.05) is 31.5 Å². The minimum absolute atomic E-state index is 0.173. The molecule has 2 aromatic rings. The van der Waals surface area contributed by atoms with Gasteiger partial charge in [0.25, 0.3) is 0 Å². The van der Waals surface area contributed by atoms with Crippen molar-refractivity contribution in [2.45, 2.75) is 10.9 Å². The molecule has 3 N–H and O–H groups in total. The fourth-order valence-corrected chi connectivity index (χ4v) is 2.88. The van der Waals surface area contributed by atoms with E-state index in [9.17, 15) is 0 Å². The first-order chi connectivity index (χ1) is 8.69. The van der Waals surface area contributed by atoms with E-state index in [2.05, 4.69) is 16.6 Å². The van der Waals surface area contributed by atoms with Crippen molar-refractivity contribution in [1.82, 2.24) is 15.2 Å². The Kier molecular flexibility index (Phi) is 4.29. The van der Waals surface area contributed by atoms with E-state index in [-0.39, 0.29) is 6.04 Å². The maximum absolute atomic E-state index is 6.18. The Balaban J connectivity index is 2.52. The van der Waals surface area contributed by atoms with Crippen molar-refractivity contribution in [3.8, 4) is 0 Å². The molecule has 0 aliphatic rings. The molecule has 2 rings (SSSR count). The molecule has 0 aliphatic heterocycles. The summed E-state index contributed by atoms with van der Waals surface area (Å²) in [5, 5.41) is 4.76. The number of nitrogens with zero attached hydrogens (tertiary/aromatic N) is 2. The van der Waals surface area contributed by atoms with Gasteiger partial charge in [0.05, 0.1) is 23.0 Å². The Morgan fingerprint density at radius 2 is 2.17 bits per heavy atom. The third-order valence-electron chi connectivity index (χ3n) is 2.83. The number of thioether (sulfide) groups is 1. The monoisotopic (exact) mass is 282 g/mol. The molecule has 0 bridgehead atoms. The summed E-state index contributed by atoms with van der Waals surface area (Å²) in [5.41, 5.74) is 4.78. The average molecular weight is 283 g/mol. The first-order valence-electron chi connectivity index (χ1n) is 5.45. The number of benzene rings is 1. The van der Waals surface area contributed by atoms with Gasteiger partial charge in [0.1, 0.15) is 0 Å². The summed E-state index contributed by atoms with van der Waals surface area (Å²) in [6, 6.07) is 7.93. The van der Waals surface area contributed by atoms with E-state index in [0.717, 1.165) is 16.2 Å². The van der Waals surface area contributed by atoms with Crippen molar-refractivity contribution >= 4 is 23.4 Å². The first kappa shape index (κ1) is 13.4. The molecule has 1 aromatic carbocycles. The second-order valence-corrected chi connectivity index (χ2v) is 5.10. The quantitative estimate of drug-likeness (QED) is 0.513. The summed E-state index contributed by atoms with van der Waals surface area (Å²) in [6.45, 7) is 0. The highest BCUT2D eigenvalue weighted by molar-refractivity contribution is 7.98. The smallest absolute Gasteiger partial charge is 0.0904 e. The molecule has 0 saturated carbocycles. The highest BCUT2D eigenvalue weighted by Gasteiger charge is 2.21. The number of aryl methyl sites for hydroxylation is 1. The van der Waals surface area contributed by atoms with E-state index < -0.39 is 0 Å². The average Bonchev–Trinajstić information content (AvgIpc) is 2.72. The zero-order chi connectivity index (χ0) is 13.1. The molecule has 1 aromatic heterocycles. The Labute approximate surface area is 115 Å². The van der Waals surface area contributed by atoms with Gasteiger partial charge in [0.2, 0.25) is 0 Å². The summed E-state index contributed by atoms with van der Waals surface area (Å²) in [7, 11) is 1.85. The standard InChI is InChI=1S/C12H15ClN4S/c1-17-12(9(13)7-15-17)11(16-14)8-5-3-4-6-10(8)18-2/h3-7,11,16H,14H2,1-2H3. The third kappa shape index (κ3) is 2.40. The van der Waals surface area contributed by atoms with Crippen molar-refractivity contribution in [2.75, 3.05) is 6.26 Å². The highest BCUT2D eigenvalue weighted by Crippen LogP contribution is 2.32. The minimum Gasteiger partial charge on any atom is -0.271 e. The largest absolute Gasteiger partial charge is 0.271 e. The molecule has 1 unspecified atom stereocenters. The maximum Gasteiger partial charge on any atom is 0.0904 e. The summed E-state index contributed by atoms with van der Waals surface area (Å²) < 4.78 is 1.74. The molecule has 0 amide bonds. The molecular weight excluding hydrogens is 268 g/mol. The van der Waals surface area contributed by atoms with Crippen LogP contribution in [0.5, 0.6) is 0 Å². The van der Waals surface area contributed by atoms with E-state index in [0.29, 0.717) is 5.02 Å². The second kappa shape index (κ2) is 5.75. The van der Waals surface area contributed by atoms with Crippen molar-refractivity contribution in [2.24, 2.45) is 12.9 Å². The molecular formula is C12H15ClN4S. The second-order valence-electron chi connectivity index (χ2n) is 3.84. The lowest BCUT2D eigenvalue weighted by Gasteiger charge is -2.19. The maximum atomic E-state index is 6.18. The van der Waals surface area contributed by atoms with E-state index in [1.54, 1.807) is 22.6 Å². The van der Waals surface area contributed by atoms with E-state index in [1.165, 1.54) is 0 Å². The Hall–Kier alpha value is -1.01. The Morgan fingerprint density at radius 1 is 1.44 bits per heavy atom. The number of rotatable bonds is 4. The van der Waals surface area contributed by atoms with Crippen LogP contribution in [0.15, 0.2) is 35.4 Å². The van der Waals surface area contributed by atoms with Crippen LogP contribution in [0.4, 0.5) is 0 Å². The van der Waals surface area contributed by atoms with Gasteiger partial charge in [0, 0.05) is 11.9 Å². The normalized spacial score (nSPS) is 12.7. The van der Waals surface area contributed by atoms with Crippen LogP contribution in [-0.2, 0) is 7.05 Å². The molecule has 96 valence electrons. The number of hydrogen-bond acceptors (Lipinski definition) is 4. The zero-order valence-corrected chi connectivity index (χ0v) is 11.8. The van der Waals surface area contributed by atoms with Gasteiger partial charge in [-0.2, -0.15) is 5.10 Å². The van der Waals surface area contributed by atoms with Crippen LogP contribution < -0.4 is 11.3 Å². The van der Waals surface area contributed by atoms with Crippen LogP contribution >= 0.6 is 23.4 Å². The Morgan fingerprint density at radius 3 is 2.72 bits per heavy atom.